The second-order valence-electron chi connectivity index (χ2n) is 7.37. The van der Waals surface area contributed by atoms with Gasteiger partial charge in [-0.3, -0.25) is 14.9 Å². The van der Waals surface area contributed by atoms with Gasteiger partial charge in [0.25, 0.3) is 5.69 Å². The quantitative estimate of drug-likeness (QED) is 0.255. The van der Waals surface area contributed by atoms with E-state index in [0.717, 1.165) is 0 Å². The third kappa shape index (κ3) is 6.41. The van der Waals surface area contributed by atoms with E-state index in [-0.39, 0.29) is 41.1 Å². The van der Waals surface area contributed by atoms with E-state index in [1.807, 2.05) is 0 Å². The molecule has 0 aliphatic rings. The second kappa shape index (κ2) is 11.1. The summed E-state index contributed by atoms with van der Waals surface area (Å²) >= 11 is 11.8. The molecule has 0 bridgehead atoms. The van der Waals surface area contributed by atoms with Crippen LogP contribution in [0.15, 0.2) is 47.4 Å². The molecule has 0 N–H and O–H groups in total. The first-order valence-corrected chi connectivity index (χ1v) is 12.0. The van der Waals surface area contributed by atoms with Gasteiger partial charge < -0.3 is 4.74 Å². The molecule has 0 heterocycles. The van der Waals surface area contributed by atoms with Crippen LogP contribution >= 0.6 is 23.2 Å². The Morgan fingerprint density at radius 3 is 2.31 bits per heavy atom. The van der Waals surface area contributed by atoms with Crippen molar-refractivity contribution in [1.29, 1.82) is 0 Å². The number of halogens is 2. The smallest absolute Gasteiger partial charge is 0.307 e. The van der Waals surface area contributed by atoms with E-state index in [1.165, 1.54) is 46.8 Å². The number of benzene rings is 2. The van der Waals surface area contributed by atoms with Gasteiger partial charge in [-0.25, -0.2) is 8.42 Å². The SMILES string of the molecule is CCOC(=O)CC(C(C)C)N(Cc1ccc(Cl)c([N+](=O)[O-])c1)S(=O)(=O)c1ccc(Cl)cc1. The fourth-order valence-electron chi connectivity index (χ4n) is 3.16. The fraction of sp³-hybridized carbons (Fsp3) is 0.381. The van der Waals surface area contributed by atoms with Crippen molar-refractivity contribution in [3.63, 3.8) is 0 Å². The predicted octanol–water partition coefficient (Wildman–Crippen LogP) is 5.07. The molecule has 0 aromatic heterocycles. The van der Waals surface area contributed by atoms with Gasteiger partial charge in [0, 0.05) is 23.7 Å². The standard InChI is InChI=1S/C21H24Cl2N2O6S/c1-4-31-21(26)12-19(14(2)3)24(32(29,30)17-8-6-16(22)7-9-17)13-15-5-10-18(23)20(11-15)25(27)28/h5-11,14,19H,4,12-13H2,1-3H3. The summed E-state index contributed by atoms with van der Waals surface area (Å²) in [5.74, 6) is -0.798. The van der Waals surface area contributed by atoms with E-state index in [0.29, 0.717) is 10.6 Å². The highest BCUT2D eigenvalue weighted by atomic mass is 35.5. The highest BCUT2D eigenvalue weighted by molar-refractivity contribution is 7.89. The van der Waals surface area contributed by atoms with E-state index in [9.17, 15) is 23.3 Å². The van der Waals surface area contributed by atoms with Gasteiger partial charge in [0.15, 0.2) is 0 Å². The maximum atomic E-state index is 13.6. The van der Waals surface area contributed by atoms with Crippen molar-refractivity contribution in [3.05, 3.63) is 68.2 Å². The first-order valence-electron chi connectivity index (χ1n) is 9.83. The summed E-state index contributed by atoms with van der Waals surface area (Å²) in [5, 5.41) is 11.6. The van der Waals surface area contributed by atoms with Crippen molar-refractivity contribution < 1.29 is 22.9 Å². The Balaban J connectivity index is 2.57. The summed E-state index contributed by atoms with van der Waals surface area (Å²) < 4.78 is 33.4. The average molecular weight is 503 g/mol. The normalized spacial score (nSPS) is 12.7. The monoisotopic (exact) mass is 502 g/mol. The maximum absolute atomic E-state index is 13.6. The van der Waals surface area contributed by atoms with Gasteiger partial charge in [0.1, 0.15) is 5.02 Å². The lowest BCUT2D eigenvalue weighted by atomic mass is 10.0. The zero-order chi connectivity index (χ0) is 24.1. The summed E-state index contributed by atoms with van der Waals surface area (Å²) in [6, 6.07) is 8.98. The largest absolute Gasteiger partial charge is 0.466 e. The van der Waals surface area contributed by atoms with E-state index in [1.54, 1.807) is 20.8 Å². The number of ether oxygens (including phenoxy) is 1. The molecule has 1 atom stereocenters. The molecule has 0 amide bonds. The van der Waals surface area contributed by atoms with Crippen LogP contribution in [0.4, 0.5) is 5.69 Å². The molecule has 11 heteroatoms. The lowest BCUT2D eigenvalue weighted by Gasteiger charge is -2.33. The number of hydrogen-bond donors (Lipinski definition) is 0. The van der Waals surface area contributed by atoms with Gasteiger partial charge in [-0.1, -0.05) is 43.1 Å². The van der Waals surface area contributed by atoms with Gasteiger partial charge in [-0.05, 0) is 48.7 Å². The molecule has 2 aromatic rings. The first kappa shape index (κ1) is 26.1. The molecular weight excluding hydrogens is 479 g/mol. The molecule has 0 aliphatic heterocycles. The van der Waals surface area contributed by atoms with E-state index >= 15 is 0 Å². The predicted molar refractivity (Wildman–Crippen MR) is 122 cm³/mol. The lowest BCUT2D eigenvalue weighted by molar-refractivity contribution is -0.384. The number of nitro groups is 1. The Bertz CT molecular complexity index is 1070. The number of carbonyl (C=O) groups excluding carboxylic acids is 1. The number of hydrogen-bond acceptors (Lipinski definition) is 6. The van der Waals surface area contributed by atoms with Crippen molar-refractivity contribution >= 4 is 44.9 Å². The highest BCUT2D eigenvalue weighted by Crippen LogP contribution is 2.30. The van der Waals surface area contributed by atoms with Crippen LogP contribution in [0.1, 0.15) is 32.8 Å². The van der Waals surface area contributed by atoms with Crippen molar-refractivity contribution in [3.8, 4) is 0 Å². The molecule has 174 valence electrons. The molecule has 0 aliphatic carbocycles. The Labute approximate surface area is 197 Å². The molecule has 1 unspecified atom stereocenters. The Kier molecular flexibility index (Phi) is 9.03. The van der Waals surface area contributed by atoms with Crippen molar-refractivity contribution in [1.82, 2.24) is 4.31 Å². The van der Waals surface area contributed by atoms with E-state index < -0.39 is 27.0 Å². The first-order chi connectivity index (χ1) is 15.0. The molecule has 2 rings (SSSR count). The Morgan fingerprint density at radius 1 is 1.16 bits per heavy atom. The molecule has 0 saturated heterocycles. The molecular formula is C21H24Cl2N2O6S. The van der Waals surface area contributed by atoms with Gasteiger partial charge in [-0.2, -0.15) is 4.31 Å². The van der Waals surface area contributed by atoms with Crippen LogP contribution in [-0.4, -0.2) is 36.3 Å². The van der Waals surface area contributed by atoms with Gasteiger partial charge in [-0.15, -0.1) is 0 Å². The van der Waals surface area contributed by atoms with Gasteiger partial charge in [0.2, 0.25) is 10.0 Å². The number of sulfonamides is 1. The van der Waals surface area contributed by atoms with E-state index in [4.69, 9.17) is 27.9 Å². The summed E-state index contributed by atoms with van der Waals surface area (Å²) in [7, 11) is -4.10. The third-order valence-corrected chi connectivity index (χ3v) is 7.24. The maximum Gasteiger partial charge on any atom is 0.307 e. The number of nitrogens with zero attached hydrogens (tertiary/aromatic N) is 2. The highest BCUT2D eigenvalue weighted by Gasteiger charge is 2.35. The molecule has 2 aromatic carbocycles. The third-order valence-electron chi connectivity index (χ3n) is 4.79. The number of carbonyl (C=O) groups is 1. The Hall–Kier alpha value is -2.20. The number of rotatable bonds is 10. The second-order valence-corrected chi connectivity index (χ2v) is 10.1. The topological polar surface area (TPSA) is 107 Å². The van der Waals surface area contributed by atoms with Crippen LogP contribution < -0.4 is 0 Å². The Morgan fingerprint density at radius 2 is 1.78 bits per heavy atom. The molecule has 0 radical (unpaired) electrons. The zero-order valence-electron chi connectivity index (χ0n) is 17.8. The molecule has 0 spiro atoms. The fourth-order valence-corrected chi connectivity index (χ4v) is 5.22. The van der Waals surface area contributed by atoms with Crippen LogP contribution in [0.3, 0.4) is 0 Å². The van der Waals surface area contributed by atoms with Gasteiger partial charge >= 0.3 is 5.97 Å². The minimum Gasteiger partial charge on any atom is -0.466 e. The summed E-state index contributed by atoms with van der Waals surface area (Å²) in [6.07, 6.45) is -0.173. The molecule has 0 fully saturated rings. The van der Waals surface area contributed by atoms with Crippen LogP contribution in [0.5, 0.6) is 0 Å². The lowest BCUT2D eigenvalue weighted by Crippen LogP contribution is -2.44. The van der Waals surface area contributed by atoms with Gasteiger partial charge in [0.05, 0.1) is 22.8 Å². The summed E-state index contributed by atoms with van der Waals surface area (Å²) in [4.78, 5) is 22.9. The van der Waals surface area contributed by atoms with Crippen molar-refractivity contribution in [2.75, 3.05) is 6.61 Å². The minimum absolute atomic E-state index is 0.0140. The van der Waals surface area contributed by atoms with Crippen molar-refractivity contribution in [2.24, 2.45) is 5.92 Å². The average Bonchev–Trinajstić information content (AvgIpc) is 2.71. The van der Waals surface area contributed by atoms with Crippen molar-refractivity contribution in [2.45, 2.75) is 44.7 Å². The minimum atomic E-state index is -4.10. The summed E-state index contributed by atoms with van der Waals surface area (Å²) in [5.41, 5.74) is 0.0210. The number of nitro benzene ring substituents is 1. The van der Waals surface area contributed by atoms with E-state index in [2.05, 4.69) is 0 Å². The van der Waals surface area contributed by atoms with Crippen LogP contribution in [0.2, 0.25) is 10.0 Å². The number of esters is 1. The molecule has 32 heavy (non-hydrogen) atoms. The molecule has 8 nitrogen and oxygen atoms in total. The van der Waals surface area contributed by atoms with Crippen LogP contribution in [-0.2, 0) is 26.1 Å². The molecule has 0 saturated carbocycles. The summed E-state index contributed by atoms with van der Waals surface area (Å²) in [6.45, 7) is 5.21. The van der Waals surface area contributed by atoms with Crippen LogP contribution in [0, 0.1) is 16.0 Å². The van der Waals surface area contributed by atoms with Crippen LogP contribution in [0.25, 0.3) is 0 Å². The zero-order valence-corrected chi connectivity index (χ0v) is 20.2.